The third-order valence-electron chi connectivity index (χ3n) is 7.82. The maximum Gasteiger partial charge on any atom is 0.266 e. The molecule has 0 radical (unpaired) electrons. The highest BCUT2D eigenvalue weighted by Crippen LogP contribution is 2.53. The topological polar surface area (TPSA) is 61.4 Å². The average molecular weight is 510 g/mol. The van der Waals surface area contributed by atoms with Crippen molar-refractivity contribution < 1.29 is 26.7 Å². The number of carbonyl (C=O) groups is 1. The van der Waals surface area contributed by atoms with E-state index in [4.69, 9.17) is 0 Å². The number of aryl methyl sites for hydroxylation is 1. The fourth-order valence-corrected chi connectivity index (χ4v) is 5.67. The summed E-state index contributed by atoms with van der Waals surface area (Å²) in [5.41, 5.74) is -2.24. The van der Waals surface area contributed by atoms with E-state index in [1.54, 1.807) is 13.8 Å². The molecule has 6 nitrogen and oxygen atoms in total. The van der Waals surface area contributed by atoms with Crippen LogP contribution in [0.5, 0.6) is 0 Å². The van der Waals surface area contributed by atoms with Gasteiger partial charge in [-0.05, 0) is 46.7 Å². The molecule has 11 heteroatoms. The van der Waals surface area contributed by atoms with Crippen LogP contribution in [-0.2, 0) is 16.8 Å². The average Bonchev–Trinajstić information content (AvgIpc) is 3.53. The Morgan fingerprint density at radius 2 is 1.78 bits per heavy atom. The zero-order valence-electron chi connectivity index (χ0n) is 20.3. The van der Waals surface area contributed by atoms with Crippen LogP contribution in [0, 0.1) is 12.7 Å². The van der Waals surface area contributed by atoms with E-state index < -0.39 is 41.2 Å². The number of anilines is 1. The molecular formula is C25H28F5N5O. The molecule has 2 aliphatic heterocycles. The van der Waals surface area contributed by atoms with E-state index in [-0.39, 0.29) is 30.9 Å². The Hall–Kier alpha value is -2.82. The van der Waals surface area contributed by atoms with Crippen molar-refractivity contribution in [3.63, 3.8) is 0 Å². The molecule has 2 fully saturated rings. The number of benzene rings is 1. The minimum absolute atomic E-state index is 0.0307. The molecule has 1 aliphatic carbocycles. The van der Waals surface area contributed by atoms with Gasteiger partial charge in [0, 0.05) is 17.7 Å². The zero-order valence-corrected chi connectivity index (χ0v) is 20.3. The second-order valence-electron chi connectivity index (χ2n) is 10.2. The van der Waals surface area contributed by atoms with Crippen LogP contribution in [-0.4, -0.2) is 57.8 Å². The van der Waals surface area contributed by atoms with Gasteiger partial charge in [0.2, 0.25) is 5.91 Å². The van der Waals surface area contributed by atoms with Crippen molar-refractivity contribution in [3.8, 4) is 0 Å². The third-order valence-corrected chi connectivity index (χ3v) is 7.82. The van der Waals surface area contributed by atoms with E-state index >= 15 is 0 Å². The number of likely N-dealkylation sites (N-methyl/N-ethyl adjacent to an activating group) is 1. The number of nitrogens with one attached hydrogen (secondary N) is 1. The number of rotatable bonds is 6. The molecular weight excluding hydrogens is 481 g/mol. The first-order valence-electron chi connectivity index (χ1n) is 12.0. The highest BCUT2D eigenvalue weighted by atomic mass is 19.3. The Balaban J connectivity index is 1.60. The number of carbonyl (C=O) groups excluding carboxylic acids is 1. The Kier molecular flexibility index (Phi) is 5.96. The first-order chi connectivity index (χ1) is 17.0. The monoisotopic (exact) mass is 509 g/mol. The standard InChI is InChI=1S/C25H28F5N5O/c1-13(15-5-4-6-16(18(15)26)20(27)28)31-21-17-11-35(25(7-8-25)22(29)30)23(36)24(9-10-34(3)12-24)19(17)32-14(2)33-21/h4-6,13,20,22H,7-12H2,1-3H3,(H,31,32,33)/t13-,24?/m1/s1. The number of nitrogens with zero attached hydrogens (tertiary/aromatic N) is 4. The predicted molar refractivity (Wildman–Crippen MR) is 122 cm³/mol. The second-order valence-corrected chi connectivity index (χ2v) is 10.2. The van der Waals surface area contributed by atoms with Crippen LogP contribution in [0.25, 0.3) is 0 Å². The van der Waals surface area contributed by atoms with Crippen molar-refractivity contribution in [1.29, 1.82) is 0 Å². The summed E-state index contributed by atoms with van der Waals surface area (Å²) in [6.45, 7) is 4.13. The van der Waals surface area contributed by atoms with Crippen LogP contribution >= 0.6 is 0 Å². The Bertz CT molecular complexity index is 1200. The SMILES string of the molecule is Cc1nc(N[C@H](C)c2cccc(C(F)F)c2F)c2c(n1)C1(CCN(C)C1)C(=O)N(C1(C(F)F)CC1)C2. The summed E-state index contributed by atoms with van der Waals surface area (Å²) < 4.78 is 69.7. The lowest BCUT2D eigenvalue weighted by molar-refractivity contribution is -0.148. The van der Waals surface area contributed by atoms with E-state index in [0.717, 1.165) is 6.07 Å². The van der Waals surface area contributed by atoms with Gasteiger partial charge in [-0.2, -0.15) is 0 Å². The smallest absolute Gasteiger partial charge is 0.266 e. The fraction of sp³-hybridized carbons (Fsp3) is 0.560. The number of fused-ring (bicyclic) bond motifs is 2. The Morgan fingerprint density at radius 1 is 1.08 bits per heavy atom. The van der Waals surface area contributed by atoms with Gasteiger partial charge in [-0.3, -0.25) is 4.79 Å². The molecule has 1 N–H and O–H groups in total. The number of halogens is 5. The normalized spacial score (nSPS) is 24.1. The summed E-state index contributed by atoms with van der Waals surface area (Å²) in [6.07, 6.45) is -4.78. The molecule has 1 aromatic heterocycles. The molecule has 3 heterocycles. The van der Waals surface area contributed by atoms with Crippen LogP contribution in [0.2, 0.25) is 0 Å². The van der Waals surface area contributed by atoms with Crippen molar-refractivity contribution in [2.75, 3.05) is 25.5 Å². The molecule has 0 bridgehead atoms. The molecule has 1 amide bonds. The van der Waals surface area contributed by atoms with E-state index in [9.17, 15) is 26.7 Å². The van der Waals surface area contributed by atoms with Crippen molar-refractivity contribution >= 4 is 11.7 Å². The lowest BCUT2D eigenvalue weighted by atomic mass is 9.76. The highest BCUT2D eigenvalue weighted by Gasteiger charge is 2.63. The maximum atomic E-state index is 14.9. The summed E-state index contributed by atoms with van der Waals surface area (Å²) >= 11 is 0. The van der Waals surface area contributed by atoms with E-state index in [1.165, 1.54) is 17.0 Å². The van der Waals surface area contributed by atoms with Crippen LogP contribution < -0.4 is 5.32 Å². The largest absolute Gasteiger partial charge is 0.363 e. The molecule has 1 saturated carbocycles. The van der Waals surface area contributed by atoms with E-state index in [1.807, 2.05) is 11.9 Å². The molecule has 36 heavy (non-hydrogen) atoms. The molecule has 1 aromatic carbocycles. The molecule has 1 spiro atoms. The van der Waals surface area contributed by atoms with Gasteiger partial charge in [0.15, 0.2) is 0 Å². The summed E-state index contributed by atoms with van der Waals surface area (Å²) in [5, 5.41) is 3.11. The zero-order chi connectivity index (χ0) is 26.0. The molecule has 194 valence electrons. The van der Waals surface area contributed by atoms with Crippen molar-refractivity contribution in [2.24, 2.45) is 0 Å². The fourth-order valence-electron chi connectivity index (χ4n) is 5.67. The van der Waals surface area contributed by atoms with Crippen LogP contribution in [0.1, 0.15) is 66.9 Å². The van der Waals surface area contributed by atoms with E-state index in [2.05, 4.69) is 15.3 Å². The van der Waals surface area contributed by atoms with Gasteiger partial charge in [0.05, 0.1) is 23.8 Å². The first kappa shape index (κ1) is 24.9. The van der Waals surface area contributed by atoms with Gasteiger partial charge in [0.1, 0.15) is 28.4 Å². The summed E-state index contributed by atoms with van der Waals surface area (Å²) in [4.78, 5) is 26.2. The van der Waals surface area contributed by atoms with Crippen molar-refractivity contribution in [3.05, 3.63) is 52.2 Å². The van der Waals surface area contributed by atoms with Gasteiger partial charge >= 0.3 is 0 Å². The van der Waals surface area contributed by atoms with Gasteiger partial charge in [-0.15, -0.1) is 0 Å². The molecule has 2 aromatic rings. The summed E-state index contributed by atoms with van der Waals surface area (Å²) in [6, 6.07) is 3.05. The van der Waals surface area contributed by atoms with Crippen molar-refractivity contribution in [1.82, 2.24) is 19.8 Å². The minimum Gasteiger partial charge on any atom is -0.363 e. The van der Waals surface area contributed by atoms with E-state index in [0.29, 0.717) is 42.4 Å². The molecule has 2 atom stereocenters. The lowest BCUT2D eigenvalue weighted by Crippen LogP contribution is -2.58. The second kappa shape index (κ2) is 8.64. The van der Waals surface area contributed by atoms with Crippen LogP contribution in [0.4, 0.5) is 27.8 Å². The number of hydrogen-bond acceptors (Lipinski definition) is 5. The maximum absolute atomic E-state index is 14.9. The predicted octanol–water partition coefficient (Wildman–Crippen LogP) is 4.75. The number of hydrogen-bond donors (Lipinski definition) is 1. The molecule has 1 unspecified atom stereocenters. The van der Waals surface area contributed by atoms with Gasteiger partial charge in [-0.1, -0.05) is 18.2 Å². The molecule has 1 saturated heterocycles. The quantitative estimate of drug-likeness (QED) is 0.570. The van der Waals surface area contributed by atoms with Gasteiger partial charge < -0.3 is 15.1 Å². The number of alkyl halides is 4. The van der Waals surface area contributed by atoms with Gasteiger partial charge in [-0.25, -0.2) is 31.9 Å². The Labute approximate surface area is 205 Å². The number of amides is 1. The minimum atomic E-state index is -2.96. The summed E-state index contributed by atoms with van der Waals surface area (Å²) in [7, 11) is 1.87. The molecule has 5 rings (SSSR count). The number of aromatic nitrogens is 2. The number of likely N-dealkylation sites (tertiary alicyclic amines) is 1. The lowest BCUT2D eigenvalue weighted by Gasteiger charge is -2.44. The summed E-state index contributed by atoms with van der Waals surface area (Å²) in [5.74, 6) is -0.684. The van der Waals surface area contributed by atoms with Crippen molar-refractivity contribution in [2.45, 2.75) is 69.5 Å². The van der Waals surface area contributed by atoms with Crippen LogP contribution in [0.3, 0.4) is 0 Å². The highest BCUT2D eigenvalue weighted by molar-refractivity contribution is 5.92. The Morgan fingerprint density at radius 3 is 2.36 bits per heavy atom. The third kappa shape index (κ3) is 3.74. The molecule has 3 aliphatic rings. The van der Waals surface area contributed by atoms with Crippen LogP contribution in [0.15, 0.2) is 18.2 Å². The first-order valence-corrected chi connectivity index (χ1v) is 12.0. The van der Waals surface area contributed by atoms with Gasteiger partial charge in [0.25, 0.3) is 12.9 Å².